The van der Waals surface area contributed by atoms with E-state index in [9.17, 15) is 9.90 Å². The fraction of sp³-hybridized carbons (Fsp3) is 0.562. The van der Waals surface area contributed by atoms with E-state index in [1.54, 1.807) is 13.0 Å². The van der Waals surface area contributed by atoms with E-state index >= 15 is 0 Å². The predicted octanol–water partition coefficient (Wildman–Crippen LogP) is 1.93. The number of nitrogens with zero attached hydrogens (tertiary/aromatic N) is 2. The maximum Gasteiger partial charge on any atom is 0.219 e. The molecule has 20 heavy (non-hydrogen) atoms. The lowest BCUT2D eigenvalue weighted by Crippen LogP contribution is -2.34. The minimum absolute atomic E-state index is 0.177. The van der Waals surface area contributed by atoms with Crippen LogP contribution in [0.15, 0.2) is 18.2 Å². The summed E-state index contributed by atoms with van der Waals surface area (Å²) in [6.45, 7) is 5.30. The molecule has 1 heterocycles. The summed E-state index contributed by atoms with van der Waals surface area (Å²) in [7, 11) is 0. The van der Waals surface area contributed by atoms with E-state index in [4.69, 9.17) is 0 Å². The Morgan fingerprint density at radius 1 is 1.25 bits per heavy atom. The maximum absolute atomic E-state index is 11.5. The first kappa shape index (κ1) is 13.4. The third-order valence-corrected chi connectivity index (χ3v) is 4.63. The minimum Gasteiger partial charge on any atom is -0.508 e. The largest absolute Gasteiger partial charge is 0.508 e. The Kier molecular flexibility index (Phi) is 3.66. The van der Waals surface area contributed by atoms with Crippen molar-refractivity contribution in [3.05, 3.63) is 29.3 Å². The molecular formula is C16H22N2O2. The molecule has 1 aliphatic heterocycles. The highest BCUT2D eigenvalue weighted by Gasteiger charge is 2.30. The van der Waals surface area contributed by atoms with Gasteiger partial charge in [0.05, 0.1) is 0 Å². The Balaban J connectivity index is 1.76. The van der Waals surface area contributed by atoms with Crippen molar-refractivity contribution in [2.75, 3.05) is 26.2 Å². The standard InChI is InChI=1S/C16H22N2O2/c1-12(19)17-8-3-9-18(11-10-17)15-7-6-14-13(15)4-2-5-16(14)20/h2,4-5,15,20H,3,6-11H2,1H3. The van der Waals surface area contributed by atoms with E-state index in [1.165, 1.54) is 5.56 Å². The van der Waals surface area contributed by atoms with E-state index in [2.05, 4.69) is 11.0 Å². The Morgan fingerprint density at radius 2 is 2.10 bits per heavy atom. The van der Waals surface area contributed by atoms with Gasteiger partial charge in [-0.15, -0.1) is 0 Å². The Morgan fingerprint density at radius 3 is 2.90 bits per heavy atom. The SMILES string of the molecule is CC(=O)N1CCCN(C2CCc3c(O)cccc32)CC1. The molecule has 3 rings (SSSR count). The minimum atomic E-state index is 0.177. The van der Waals surface area contributed by atoms with Gasteiger partial charge in [0.15, 0.2) is 0 Å². The molecule has 1 atom stereocenters. The second kappa shape index (κ2) is 5.44. The average Bonchev–Trinajstić information content (AvgIpc) is 2.70. The summed E-state index contributed by atoms with van der Waals surface area (Å²) in [6.07, 6.45) is 3.07. The number of carbonyl (C=O) groups excluding carboxylic acids is 1. The lowest BCUT2D eigenvalue weighted by molar-refractivity contribution is -0.128. The zero-order chi connectivity index (χ0) is 14.1. The summed E-state index contributed by atoms with van der Waals surface area (Å²) in [5.74, 6) is 0.613. The van der Waals surface area contributed by atoms with E-state index in [-0.39, 0.29) is 5.91 Å². The number of amides is 1. The average molecular weight is 274 g/mol. The lowest BCUT2D eigenvalue weighted by atomic mass is 10.1. The molecule has 0 saturated carbocycles. The van der Waals surface area contributed by atoms with Gasteiger partial charge in [0.1, 0.15) is 5.75 Å². The molecule has 0 radical (unpaired) electrons. The number of phenolic OH excluding ortho intramolecular Hbond substituents is 1. The summed E-state index contributed by atoms with van der Waals surface area (Å²) in [4.78, 5) is 15.9. The number of hydrogen-bond acceptors (Lipinski definition) is 3. The molecule has 0 bridgehead atoms. The highest BCUT2D eigenvalue weighted by atomic mass is 16.3. The van der Waals surface area contributed by atoms with Gasteiger partial charge < -0.3 is 10.0 Å². The van der Waals surface area contributed by atoms with Crippen LogP contribution in [0, 0.1) is 0 Å². The van der Waals surface area contributed by atoms with E-state index in [0.717, 1.165) is 51.0 Å². The Hall–Kier alpha value is -1.55. The van der Waals surface area contributed by atoms with Crippen molar-refractivity contribution in [2.24, 2.45) is 0 Å². The topological polar surface area (TPSA) is 43.8 Å². The Labute approximate surface area is 120 Å². The maximum atomic E-state index is 11.5. The molecule has 1 fully saturated rings. The van der Waals surface area contributed by atoms with Crippen LogP contribution in [0.5, 0.6) is 5.75 Å². The van der Waals surface area contributed by atoms with Gasteiger partial charge in [-0.05, 0) is 36.5 Å². The van der Waals surface area contributed by atoms with Crippen LogP contribution in [-0.4, -0.2) is 47.0 Å². The van der Waals surface area contributed by atoms with E-state index in [1.807, 2.05) is 11.0 Å². The number of phenols is 1. The zero-order valence-electron chi connectivity index (χ0n) is 12.0. The fourth-order valence-corrected chi connectivity index (χ4v) is 3.56. The Bertz CT molecular complexity index is 515. The molecule has 4 heteroatoms. The van der Waals surface area contributed by atoms with Gasteiger partial charge in [-0.25, -0.2) is 0 Å². The van der Waals surface area contributed by atoms with Crippen molar-refractivity contribution in [1.82, 2.24) is 9.80 Å². The summed E-state index contributed by atoms with van der Waals surface area (Å²) in [6, 6.07) is 6.26. The lowest BCUT2D eigenvalue weighted by Gasteiger charge is -2.28. The molecule has 1 aliphatic carbocycles. The molecule has 108 valence electrons. The number of hydrogen-bond donors (Lipinski definition) is 1. The van der Waals surface area contributed by atoms with Gasteiger partial charge in [0.2, 0.25) is 5.91 Å². The molecule has 1 unspecified atom stereocenters. The van der Waals surface area contributed by atoms with Gasteiger partial charge in [-0.1, -0.05) is 12.1 Å². The van der Waals surface area contributed by atoms with Gasteiger partial charge >= 0.3 is 0 Å². The van der Waals surface area contributed by atoms with Crippen molar-refractivity contribution < 1.29 is 9.90 Å². The molecule has 1 saturated heterocycles. The van der Waals surface area contributed by atoms with Gasteiger partial charge in [0, 0.05) is 39.1 Å². The molecular weight excluding hydrogens is 252 g/mol. The second-order valence-electron chi connectivity index (χ2n) is 5.79. The summed E-state index contributed by atoms with van der Waals surface area (Å²) >= 11 is 0. The number of aromatic hydroxyl groups is 1. The van der Waals surface area contributed by atoms with Crippen LogP contribution in [-0.2, 0) is 11.2 Å². The molecule has 4 nitrogen and oxygen atoms in total. The van der Waals surface area contributed by atoms with Crippen molar-refractivity contribution in [1.29, 1.82) is 0 Å². The van der Waals surface area contributed by atoms with Gasteiger partial charge in [-0.2, -0.15) is 0 Å². The van der Waals surface area contributed by atoms with Crippen molar-refractivity contribution in [3.8, 4) is 5.75 Å². The highest BCUT2D eigenvalue weighted by Crippen LogP contribution is 2.39. The molecule has 0 aromatic heterocycles. The summed E-state index contributed by atoms with van der Waals surface area (Å²) < 4.78 is 0. The second-order valence-corrected chi connectivity index (χ2v) is 5.79. The third-order valence-electron chi connectivity index (χ3n) is 4.63. The first-order valence-electron chi connectivity index (χ1n) is 7.47. The van der Waals surface area contributed by atoms with Crippen LogP contribution >= 0.6 is 0 Å². The smallest absolute Gasteiger partial charge is 0.219 e. The number of carbonyl (C=O) groups is 1. The van der Waals surface area contributed by atoms with E-state index < -0.39 is 0 Å². The van der Waals surface area contributed by atoms with Crippen LogP contribution < -0.4 is 0 Å². The predicted molar refractivity (Wildman–Crippen MR) is 77.6 cm³/mol. The molecule has 1 aromatic rings. The molecule has 1 N–H and O–H groups in total. The summed E-state index contributed by atoms with van der Waals surface area (Å²) in [5, 5.41) is 9.95. The van der Waals surface area contributed by atoms with Crippen LogP contribution in [0.3, 0.4) is 0 Å². The van der Waals surface area contributed by atoms with E-state index in [0.29, 0.717) is 11.8 Å². The first-order chi connectivity index (χ1) is 9.66. The number of rotatable bonds is 1. The van der Waals surface area contributed by atoms with Gasteiger partial charge in [-0.3, -0.25) is 9.69 Å². The zero-order valence-corrected chi connectivity index (χ0v) is 12.0. The normalized spacial score (nSPS) is 23.4. The fourth-order valence-electron chi connectivity index (χ4n) is 3.56. The monoisotopic (exact) mass is 274 g/mol. The third kappa shape index (κ3) is 2.40. The van der Waals surface area contributed by atoms with Crippen LogP contribution in [0.1, 0.15) is 36.9 Å². The van der Waals surface area contributed by atoms with Crippen LogP contribution in [0.4, 0.5) is 0 Å². The van der Waals surface area contributed by atoms with Gasteiger partial charge in [0.25, 0.3) is 0 Å². The summed E-state index contributed by atoms with van der Waals surface area (Å²) in [5.41, 5.74) is 2.39. The molecule has 2 aliphatic rings. The van der Waals surface area contributed by atoms with Crippen molar-refractivity contribution in [2.45, 2.75) is 32.2 Å². The van der Waals surface area contributed by atoms with Crippen LogP contribution in [0.2, 0.25) is 0 Å². The molecule has 0 spiro atoms. The van der Waals surface area contributed by atoms with Crippen LogP contribution in [0.25, 0.3) is 0 Å². The first-order valence-corrected chi connectivity index (χ1v) is 7.47. The molecule has 1 aromatic carbocycles. The molecule has 1 amide bonds. The highest BCUT2D eigenvalue weighted by molar-refractivity contribution is 5.73. The quantitative estimate of drug-likeness (QED) is 0.851. The van der Waals surface area contributed by atoms with Crippen molar-refractivity contribution >= 4 is 5.91 Å². The number of fused-ring (bicyclic) bond motifs is 1. The number of benzene rings is 1. The van der Waals surface area contributed by atoms with Crippen molar-refractivity contribution in [3.63, 3.8) is 0 Å².